The van der Waals surface area contributed by atoms with Crippen molar-refractivity contribution in [2.24, 2.45) is 0 Å². The van der Waals surface area contributed by atoms with Crippen molar-refractivity contribution >= 4 is 5.95 Å². The number of benzene rings is 1. The van der Waals surface area contributed by atoms with E-state index >= 15 is 0 Å². The average molecular weight is 221 g/mol. The Morgan fingerprint density at radius 1 is 1.19 bits per heavy atom. The second-order valence-electron chi connectivity index (χ2n) is 3.41. The van der Waals surface area contributed by atoms with Gasteiger partial charge in [0.05, 0.1) is 6.20 Å². The predicted molar refractivity (Wildman–Crippen MR) is 56.5 cm³/mol. The van der Waals surface area contributed by atoms with Gasteiger partial charge in [-0.1, -0.05) is 11.6 Å². The van der Waals surface area contributed by atoms with Crippen molar-refractivity contribution < 1.29 is 8.78 Å². The van der Waals surface area contributed by atoms with Gasteiger partial charge in [0.1, 0.15) is 11.5 Å². The number of nitrogens with two attached hydrogens (primary N) is 1. The van der Waals surface area contributed by atoms with E-state index in [0.717, 1.165) is 11.8 Å². The molecule has 3 nitrogen and oxygen atoms in total. The molecular weight excluding hydrogens is 212 g/mol. The summed E-state index contributed by atoms with van der Waals surface area (Å²) in [6, 6.07) is 4.38. The number of nitrogen functional groups attached to an aromatic ring is 1. The molecule has 5 heteroatoms. The van der Waals surface area contributed by atoms with Gasteiger partial charge in [0.2, 0.25) is 5.95 Å². The Balaban J connectivity index is 2.66. The summed E-state index contributed by atoms with van der Waals surface area (Å²) in [5.41, 5.74) is 6.13. The van der Waals surface area contributed by atoms with Gasteiger partial charge >= 0.3 is 0 Å². The van der Waals surface area contributed by atoms with Gasteiger partial charge < -0.3 is 5.73 Å². The maximum absolute atomic E-state index is 13.5. The minimum absolute atomic E-state index is 0.0858. The fourth-order valence-electron chi connectivity index (χ4n) is 1.39. The Kier molecular flexibility index (Phi) is 2.52. The van der Waals surface area contributed by atoms with E-state index in [2.05, 4.69) is 9.97 Å². The van der Waals surface area contributed by atoms with Gasteiger partial charge in [0.25, 0.3) is 0 Å². The summed E-state index contributed by atoms with van der Waals surface area (Å²) in [5, 5.41) is 0. The SMILES string of the molecule is Cc1ccc(F)c(-c2nc(N)ncc2F)c1. The molecule has 0 atom stereocenters. The molecular formula is C11H9F2N3. The maximum atomic E-state index is 13.5. The van der Waals surface area contributed by atoms with E-state index in [0.29, 0.717) is 0 Å². The molecule has 0 aliphatic rings. The summed E-state index contributed by atoms with van der Waals surface area (Å²) in [7, 11) is 0. The van der Waals surface area contributed by atoms with E-state index in [4.69, 9.17) is 5.73 Å². The lowest BCUT2D eigenvalue weighted by atomic mass is 10.1. The van der Waals surface area contributed by atoms with Crippen molar-refractivity contribution in [3.05, 3.63) is 41.6 Å². The maximum Gasteiger partial charge on any atom is 0.220 e. The van der Waals surface area contributed by atoms with Gasteiger partial charge in [-0.05, 0) is 19.1 Å². The predicted octanol–water partition coefficient (Wildman–Crippen LogP) is 2.31. The van der Waals surface area contributed by atoms with E-state index < -0.39 is 11.6 Å². The molecule has 2 N–H and O–H groups in total. The normalized spacial score (nSPS) is 10.4. The first kappa shape index (κ1) is 10.5. The van der Waals surface area contributed by atoms with Crippen molar-refractivity contribution in [3.63, 3.8) is 0 Å². The van der Waals surface area contributed by atoms with Crippen molar-refractivity contribution in [2.45, 2.75) is 6.92 Å². The third-order valence-electron chi connectivity index (χ3n) is 2.14. The van der Waals surface area contributed by atoms with Crippen LogP contribution >= 0.6 is 0 Å². The van der Waals surface area contributed by atoms with Crippen molar-refractivity contribution in [2.75, 3.05) is 5.73 Å². The van der Waals surface area contributed by atoms with E-state index in [1.165, 1.54) is 12.1 Å². The fraction of sp³-hybridized carbons (Fsp3) is 0.0909. The zero-order chi connectivity index (χ0) is 11.7. The minimum Gasteiger partial charge on any atom is -0.368 e. The molecule has 0 radical (unpaired) electrons. The molecule has 16 heavy (non-hydrogen) atoms. The largest absolute Gasteiger partial charge is 0.368 e. The molecule has 1 heterocycles. The van der Waals surface area contributed by atoms with Crippen LogP contribution in [-0.4, -0.2) is 9.97 Å². The number of aromatic nitrogens is 2. The Morgan fingerprint density at radius 3 is 2.69 bits per heavy atom. The van der Waals surface area contributed by atoms with Crippen LogP contribution in [0.1, 0.15) is 5.56 Å². The molecule has 0 bridgehead atoms. The van der Waals surface area contributed by atoms with E-state index in [1.54, 1.807) is 13.0 Å². The highest BCUT2D eigenvalue weighted by atomic mass is 19.1. The van der Waals surface area contributed by atoms with Crippen LogP contribution in [0.25, 0.3) is 11.3 Å². The van der Waals surface area contributed by atoms with Crippen LogP contribution in [0.4, 0.5) is 14.7 Å². The summed E-state index contributed by atoms with van der Waals surface area (Å²) >= 11 is 0. The highest BCUT2D eigenvalue weighted by molar-refractivity contribution is 5.62. The molecule has 2 rings (SSSR count). The van der Waals surface area contributed by atoms with Gasteiger partial charge in [-0.2, -0.15) is 0 Å². The standard InChI is InChI=1S/C11H9F2N3/c1-6-2-3-8(12)7(4-6)10-9(13)5-15-11(14)16-10/h2-5H,1H3,(H2,14,15,16). The van der Waals surface area contributed by atoms with E-state index in [9.17, 15) is 8.78 Å². The van der Waals surface area contributed by atoms with Crippen molar-refractivity contribution in [1.82, 2.24) is 9.97 Å². The molecule has 2 aromatic rings. The smallest absolute Gasteiger partial charge is 0.220 e. The fourth-order valence-corrected chi connectivity index (χ4v) is 1.39. The molecule has 0 fully saturated rings. The van der Waals surface area contributed by atoms with E-state index in [1.807, 2.05) is 0 Å². The van der Waals surface area contributed by atoms with Crippen LogP contribution in [-0.2, 0) is 0 Å². The number of hydrogen-bond acceptors (Lipinski definition) is 3. The molecule has 0 aliphatic heterocycles. The number of anilines is 1. The highest BCUT2D eigenvalue weighted by Crippen LogP contribution is 2.24. The lowest BCUT2D eigenvalue weighted by Gasteiger charge is -2.05. The Morgan fingerprint density at radius 2 is 1.94 bits per heavy atom. The number of aryl methyl sites for hydroxylation is 1. The van der Waals surface area contributed by atoms with Crippen LogP contribution in [0.15, 0.2) is 24.4 Å². The van der Waals surface area contributed by atoms with Crippen LogP contribution in [0.2, 0.25) is 0 Å². The second kappa shape index (κ2) is 3.84. The molecule has 1 aromatic heterocycles. The lowest BCUT2D eigenvalue weighted by Crippen LogP contribution is -2.00. The Hall–Kier alpha value is -2.04. The van der Waals surface area contributed by atoms with Gasteiger partial charge in [-0.3, -0.25) is 0 Å². The van der Waals surface area contributed by atoms with E-state index in [-0.39, 0.29) is 17.2 Å². The monoisotopic (exact) mass is 221 g/mol. The van der Waals surface area contributed by atoms with Gasteiger partial charge in [0, 0.05) is 5.56 Å². The average Bonchev–Trinajstić information content (AvgIpc) is 2.25. The molecule has 0 spiro atoms. The highest BCUT2D eigenvalue weighted by Gasteiger charge is 2.12. The number of nitrogens with zero attached hydrogens (tertiary/aromatic N) is 2. The van der Waals surface area contributed by atoms with Gasteiger partial charge in [-0.25, -0.2) is 18.7 Å². The summed E-state index contributed by atoms with van der Waals surface area (Å²) in [6.07, 6.45) is 0.930. The Bertz CT molecular complexity index is 491. The first-order valence-electron chi connectivity index (χ1n) is 4.62. The van der Waals surface area contributed by atoms with Crippen LogP contribution in [0.3, 0.4) is 0 Å². The number of rotatable bonds is 1. The summed E-state index contributed by atoms with van der Waals surface area (Å²) < 4.78 is 26.9. The first-order valence-corrected chi connectivity index (χ1v) is 4.62. The molecule has 0 aliphatic carbocycles. The molecule has 82 valence electrons. The topological polar surface area (TPSA) is 51.8 Å². The summed E-state index contributed by atoms with van der Waals surface area (Å²) in [6.45, 7) is 1.78. The van der Waals surface area contributed by atoms with Crippen molar-refractivity contribution in [3.8, 4) is 11.3 Å². The van der Waals surface area contributed by atoms with Crippen LogP contribution < -0.4 is 5.73 Å². The quantitative estimate of drug-likeness (QED) is 0.803. The second-order valence-corrected chi connectivity index (χ2v) is 3.41. The number of halogens is 2. The van der Waals surface area contributed by atoms with Gasteiger partial charge in [-0.15, -0.1) is 0 Å². The van der Waals surface area contributed by atoms with Gasteiger partial charge in [0.15, 0.2) is 5.82 Å². The molecule has 0 saturated carbocycles. The molecule has 1 aromatic carbocycles. The minimum atomic E-state index is -0.696. The first-order chi connectivity index (χ1) is 7.58. The van der Waals surface area contributed by atoms with Crippen LogP contribution in [0.5, 0.6) is 0 Å². The zero-order valence-corrected chi connectivity index (χ0v) is 8.54. The zero-order valence-electron chi connectivity index (χ0n) is 8.54. The Labute approximate surface area is 91.0 Å². The molecule has 0 unspecified atom stereocenters. The third kappa shape index (κ3) is 1.84. The van der Waals surface area contributed by atoms with Crippen molar-refractivity contribution in [1.29, 1.82) is 0 Å². The van der Waals surface area contributed by atoms with Crippen LogP contribution in [0, 0.1) is 18.6 Å². The summed E-state index contributed by atoms with van der Waals surface area (Å²) in [4.78, 5) is 7.18. The summed E-state index contributed by atoms with van der Waals surface area (Å²) in [5.74, 6) is -1.32. The molecule has 0 amide bonds. The number of hydrogen-bond donors (Lipinski definition) is 1. The lowest BCUT2D eigenvalue weighted by molar-refractivity contribution is 0.607. The molecule has 0 saturated heterocycles. The third-order valence-corrected chi connectivity index (χ3v) is 2.14.